The number of methoxy groups -OCH3 is 1. The molecule has 1 amide bonds. The highest BCUT2D eigenvalue weighted by Crippen LogP contribution is 2.76. The number of nitrogens with zero attached hydrogens (tertiary/aromatic N) is 1. The van der Waals surface area contributed by atoms with Gasteiger partial charge < -0.3 is 14.8 Å². The molecular weight excluding hydrogens is 528 g/mol. The summed E-state index contributed by atoms with van der Waals surface area (Å²) < 4.78 is 10.5. The van der Waals surface area contributed by atoms with E-state index in [2.05, 4.69) is 45.7 Å². The maximum atomic E-state index is 13.6. The Morgan fingerprint density at radius 2 is 1.71 bits per heavy atom. The first-order valence-electron chi connectivity index (χ1n) is 16.2. The van der Waals surface area contributed by atoms with Crippen LogP contribution in [0.5, 0.6) is 0 Å². The number of ether oxygens (including phenoxy) is 2. The summed E-state index contributed by atoms with van der Waals surface area (Å²) in [5.41, 5.74) is -0.441. The monoisotopic (exact) mass is 582 g/mol. The zero-order chi connectivity index (χ0) is 31.3. The molecule has 0 spiro atoms. The van der Waals surface area contributed by atoms with E-state index in [0.717, 1.165) is 51.4 Å². The Morgan fingerprint density at radius 3 is 2.31 bits per heavy atom. The number of hydrogen-bond acceptors (Lipinski definition) is 6. The van der Waals surface area contributed by atoms with Crippen molar-refractivity contribution in [3.63, 3.8) is 0 Å². The van der Waals surface area contributed by atoms with E-state index in [0.29, 0.717) is 18.3 Å². The molecule has 1 N–H and O–H groups in total. The number of fused-ring (bicyclic) bond motifs is 5. The van der Waals surface area contributed by atoms with Crippen LogP contribution in [0.1, 0.15) is 106 Å². The van der Waals surface area contributed by atoms with Gasteiger partial charge >= 0.3 is 11.9 Å². The minimum Gasteiger partial charge on any atom is -0.469 e. The lowest BCUT2D eigenvalue weighted by Crippen LogP contribution is -2.66. The summed E-state index contributed by atoms with van der Waals surface area (Å²) in [7, 11) is 1.54. The average molecular weight is 583 g/mol. The van der Waals surface area contributed by atoms with Crippen LogP contribution < -0.4 is 5.32 Å². The van der Waals surface area contributed by atoms with Gasteiger partial charge in [0.25, 0.3) is 0 Å². The topological polar surface area (TPSA) is 105 Å². The van der Waals surface area contributed by atoms with Gasteiger partial charge in [-0.3, -0.25) is 14.4 Å². The first kappa shape index (κ1) is 32.6. The number of amides is 1. The van der Waals surface area contributed by atoms with Crippen molar-refractivity contribution in [1.29, 1.82) is 5.26 Å². The molecule has 0 aromatic heterocycles. The van der Waals surface area contributed by atoms with Gasteiger partial charge in [0.05, 0.1) is 25.2 Å². The normalized spacial score (nSPS) is 40.9. The van der Waals surface area contributed by atoms with Gasteiger partial charge in [0.15, 0.2) is 0 Å². The molecule has 0 unspecified atom stereocenters. The van der Waals surface area contributed by atoms with Crippen LogP contribution in [0.25, 0.3) is 0 Å². The third-order valence-corrected chi connectivity index (χ3v) is 13.5. The lowest BCUT2D eigenvalue weighted by atomic mass is 9.33. The first-order chi connectivity index (χ1) is 19.6. The lowest BCUT2D eigenvalue weighted by Gasteiger charge is -2.71. The summed E-state index contributed by atoms with van der Waals surface area (Å²) in [4.78, 5) is 39.1. The Balaban J connectivity index is 1.70. The van der Waals surface area contributed by atoms with E-state index < -0.39 is 16.8 Å². The minimum absolute atomic E-state index is 0.00581. The van der Waals surface area contributed by atoms with Crippen molar-refractivity contribution in [2.75, 3.05) is 20.3 Å². The van der Waals surface area contributed by atoms with Crippen LogP contribution >= 0.6 is 0 Å². The molecule has 4 rings (SSSR count). The Hall–Kier alpha value is -2.36. The van der Waals surface area contributed by atoms with E-state index in [4.69, 9.17) is 9.47 Å². The largest absolute Gasteiger partial charge is 0.469 e. The molecule has 0 aromatic carbocycles. The second-order valence-electron chi connectivity index (χ2n) is 15.4. The molecule has 0 aliphatic heterocycles. The van der Waals surface area contributed by atoms with Crippen LogP contribution in [0.15, 0.2) is 12.2 Å². The van der Waals surface area contributed by atoms with E-state index in [1.165, 1.54) is 12.7 Å². The van der Waals surface area contributed by atoms with Gasteiger partial charge in [0.1, 0.15) is 6.54 Å². The molecule has 7 nitrogen and oxygen atoms in total. The molecule has 7 heteroatoms. The molecule has 4 aliphatic carbocycles. The molecule has 9 atom stereocenters. The molecule has 234 valence electrons. The highest BCUT2D eigenvalue weighted by Gasteiger charge is 2.71. The van der Waals surface area contributed by atoms with Crippen LogP contribution in [0.2, 0.25) is 0 Å². The Labute approximate surface area is 253 Å². The van der Waals surface area contributed by atoms with Gasteiger partial charge in [-0.15, -0.1) is 0 Å². The van der Waals surface area contributed by atoms with Gasteiger partial charge in [-0.05, 0) is 111 Å². The molecule has 0 radical (unpaired) electrons. The number of carbonyl (C=O) groups is 3. The molecule has 0 aromatic rings. The number of carbonyl (C=O) groups excluding carboxylic acids is 3. The van der Waals surface area contributed by atoms with Crippen LogP contribution in [0.3, 0.4) is 0 Å². The predicted molar refractivity (Wildman–Crippen MR) is 162 cm³/mol. The van der Waals surface area contributed by atoms with E-state index in [9.17, 15) is 19.6 Å². The predicted octanol–water partition coefficient (Wildman–Crippen LogP) is 6.62. The smallest absolute Gasteiger partial charge is 0.325 e. The van der Waals surface area contributed by atoms with E-state index in [-0.39, 0.29) is 59.0 Å². The Kier molecular flexibility index (Phi) is 8.75. The first-order valence-corrected chi connectivity index (χ1v) is 16.2. The summed E-state index contributed by atoms with van der Waals surface area (Å²) in [6, 6.07) is 2.53. The van der Waals surface area contributed by atoms with Crippen LogP contribution in [-0.4, -0.2) is 38.1 Å². The molecule has 0 heterocycles. The van der Waals surface area contributed by atoms with E-state index >= 15 is 0 Å². The number of nitrogens with one attached hydrogen (secondary N) is 1. The number of allylic oxidation sites excluding steroid dienone is 1. The standard InChI is InChI=1S/C35H54N2O5/c1-10-42-27(38)21-37-29(39)31(4,5)25-14-15-34(8)26(32(25,6)19-20-36)12-11-24-28-23(22(2)3)13-16-35(28,30(40)41-9)18-17-33(24,34)7/h23-26,28H,2,10-19,21H2,1,3-9H3,(H,37,39)/t23-,24+,25-,26+,28+,32-,33+,34+,35-/m0/s1. The summed E-state index contributed by atoms with van der Waals surface area (Å²) in [5, 5.41) is 13.0. The Morgan fingerprint density at radius 1 is 1.02 bits per heavy atom. The second-order valence-corrected chi connectivity index (χ2v) is 15.4. The average Bonchev–Trinajstić information content (AvgIpc) is 3.33. The summed E-state index contributed by atoms with van der Waals surface area (Å²) in [5.74, 6) is 0.517. The molecule has 0 bridgehead atoms. The van der Waals surface area contributed by atoms with Crippen LogP contribution in [-0.2, 0) is 23.9 Å². The van der Waals surface area contributed by atoms with Crippen LogP contribution in [0.4, 0.5) is 0 Å². The van der Waals surface area contributed by atoms with E-state index in [1.807, 2.05) is 13.8 Å². The fourth-order valence-corrected chi connectivity index (χ4v) is 11.4. The quantitative estimate of drug-likeness (QED) is 0.255. The molecule has 42 heavy (non-hydrogen) atoms. The zero-order valence-corrected chi connectivity index (χ0v) is 27.4. The van der Waals surface area contributed by atoms with Crippen molar-refractivity contribution in [3.05, 3.63) is 12.2 Å². The minimum atomic E-state index is -0.764. The van der Waals surface area contributed by atoms with Crippen molar-refractivity contribution in [2.45, 2.75) is 106 Å². The second kappa shape index (κ2) is 11.3. The highest BCUT2D eigenvalue weighted by molar-refractivity contribution is 5.86. The van der Waals surface area contributed by atoms with Crippen molar-refractivity contribution in [2.24, 2.45) is 56.7 Å². The maximum absolute atomic E-state index is 13.6. The zero-order valence-electron chi connectivity index (χ0n) is 27.4. The molecule has 4 aliphatic rings. The third kappa shape index (κ3) is 4.61. The number of nitriles is 1. The number of hydrogen-bond donors (Lipinski definition) is 1. The lowest BCUT2D eigenvalue weighted by molar-refractivity contribution is -0.229. The molecular formula is C35H54N2O5. The summed E-state index contributed by atoms with van der Waals surface area (Å²) in [6.45, 7) is 19.5. The van der Waals surface area contributed by atoms with Gasteiger partial charge in [-0.2, -0.15) is 5.26 Å². The Bertz CT molecular complexity index is 1160. The number of rotatable bonds is 8. The third-order valence-electron chi connectivity index (χ3n) is 13.5. The SMILES string of the molecule is C=C(C)[C@@H]1CC[C@]2(C(=O)OC)CC[C@]3(C)[C@H](CC[C@@H]4[C@@](C)(CC#N)[C@H](C(C)(C)C(=O)NCC(=O)OCC)CC[C@]43C)[C@@H]12. The molecule has 4 fully saturated rings. The van der Waals surface area contributed by atoms with Crippen molar-refractivity contribution < 1.29 is 23.9 Å². The van der Waals surface area contributed by atoms with Gasteiger partial charge in [-0.25, -0.2) is 0 Å². The fourth-order valence-electron chi connectivity index (χ4n) is 11.4. The van der Waals surface area contributed by atoms with Crippen molar-refractivity contribution >= 4 is 17.8 Å². The van der Waals surface area contributed by atoms with E-state index in [1.54, 1.807) is 6.92 Å². The maximum Gasteiger partial charge on any atom is 0.325 e. The van der Waals surface area contributed by atoms with Gasteiger partial charge in [0.2, 0.25) is 5.91 Å². The van der Waals surface area contributed by atoms with Crippen molar-refractivity contribution in [3.8, 4) is 6.07 Å². The fraction of sp³-hybridized carbons (Fsp3) is 0.829. The molecule has 0 saturated heterocycles. The van der Waals surface area contributed by atoms with Crippen LogP contribution in [0, 0.1) is 68.0 Å². The summed E-state index contributed by atoms with van der Waals surface area (Å²) >= 11 is 0. The molecule has 4 saturated carbocycles. The summed E-state index contributed by atoms with van der Waals surface area (Å²) in [6.07, 6.45) is 7.85. The van der Waals surface area contributed by atoms with Gasteiger partial charge in [-0.1, -0.05) is 46.8 Å². The number of esters is 2. The van der Waals surface area contributed by atoms with Crippen molar-refractivity contribution in [1.82, 2.24) is 5.32 Å². The highest BCUT2D eigenvalue weighted by atomic mass is 16.5. The van der Waals surface area contributed by atoms with Gasteiger partial charge in [0, 0.05) is 11.8 Å².